The highest BCUT2D eigenvalue weighted by Gasteiger charge is 2.28. The fraction of sp³-hybridized carbons (Fsp3) is 0.667. The number of piperidine rings is 1. The molecular weight excluding hydrogens is 254 g/mol. The Morgan fingerprint density at radius 3 is 3.10 bits per heavy atom. The van der Waals surface area contributed by atoms with Crippen LogP contribution in [0.3, 0.4) is 0 Å². The molecule has 0 aliphatic carbocycles. The Bertz CT molecular complexity index is 419. The summed E-state index contributed by atoms with van der Waals surface area (Å²) in [5.41, 5.74) is 5.85. The Hall–Kier alpha value is -1.33. The second-order valence-corrected chi connectivity index (χ2v) is 5.70. The minimum absolute atomic E-state index is 0.0291. The van der Waals surface area contributed by atoms with Gasteiger partial charge >= 0.3 is 0 Å². The molecule has 3 N–H and O–H groups in total. The summed E-state index contributed by atoms with van der Waals surface area (Å²) in [6.45, 7) is 6.12. The molecule has 1 aromatic heterocycles. The van der Waals surface area contributed by atoms with Gasteiger partial charge in [0.25, 0.3) is 0 Å². The van der Waals surface area contributed by atoms with E-state index in [0.29, 0.717) is 25.0 Å². The molecule has 112 valence electrons. The van der Waals surface area contributed by atoms with E-state index >= 15 is 0 Å². The smallest absolute Gasteiger partial charge is 0.234 e. The van der Waals surface area contributed by atoms with E-state index in [4.69, 9.17) is 10.2 Å². The first-order chi connectivity index (χ1) is 9.61. The number of nitrogens with zero attached hydrogens (tertiary/aromatic N) is 1. The van der Waals surface area contributed by atoms with Gasteiger partial charge in [0.2, 0.25) is 5.91 Å². The summed E-state index contributed by atoms with van der Waals surface area (Å²) in [6.07, 6.45) is 3.95. The van der Waals surface area contributed by atoms with Gasteiger partial charge in [0.1, 0.15) is 5.76 Å². The standard InChI is InChI=1S/C15H25N3O2/c1-11-5-3-7-18(13(11)9-16)10-15(19)17-12(2)14-6-4-8-20-14/h4,6,8,11-13H,3,5,7,9-10,16H2,1-2H3,(H,17,19). The summed E-state index contributed by atoms with van der Waals surface area (Å²) in [5.74, 6) is 1.37. The number of rotatable bonds is 5. The van der Waals surface area contributed by atoms with Gasteiger partial charge in [-0.05, 0) is 44.4 Å². The van der Waals surface area contributed by atoms with Gasteiger partial charge < -0.3 is 15.5 Å². The van der Waals surface area contributed by atoms with Crippen molar-refractivity contribution < 1.29 is 9.21 Å². The van der Waals surface area contributed by atoms with E-state index in [1.165, 1.54) is 6.42 Å². The maximum absolute atomic E-state index is 12.1. The second kappa shape index (κ2) is 6.90. The molecule has 0 spiro atoms. The molecule has 1 aromatic rings. The number of likely N-dealkylation sites (tertiary alicyclic amines) is 1. The molecule has 0 bridgehead atoms. The van der Waals surface area contributed by atoms with Crippen LogP contribution in [0.25, 0.3) is 0 Å². The van der Waals surface area contributed by atoms with Gasteiger partial charge in [0, 0.05) is 12.6 Å². The topological polar surface area (TPSA) is 71.5 Å². The third-order valence-corrected chi connectivity index (χ3v) is 4.17. The van der Waals surface area contributed by atoms with Gasteiger partial charge in [0.15, 0.2) is 0 Å². The number of hydrogen-bond donors (Lipinski definition) is 2. The summed E-state index contributed by atoms with van der Waals surface area (Å²) in [4.78, 5) is 14.4. The van der Waals surface area contributed by atoms with E-state index in [0.717, 1.165) is 18.7 Å². The molecule has 2 heterocycles. The highest BCUT2D eigenvalue weighted by atomic mass is 16.3. The molecule has 0 radical (unpaired) electrons. The zero-order valence-corrected chi connectivity index (χ0v) is 12.3. The first-order valence-electron chi connectivity index (χ1n) is 7.38. The molecule has 3 atom stereocenters. The Balaban J connectivity index is 1.87. The predicted octanol–water partition coefficient (Wildman–Crippen LogP) is 1.52. The van der Waals surface area contributed by atoms with Crippen LogP contribution < -0.4 is 11.1 Å². The minimum Gasteiger partial charge on any atom is -0.467 e. The zero-order valence-electron chi connectivity index (χ0n) is 12.3. The summed E-state index contributed by atoms with van der Waals surface area (Å²) in [7, 11) is 0. The summed E-state index contributed by atoms with van der Waals surface area (Å²) >= 11 is 0. The lowest BCUT2D eigenvalue weighted by atomic mass is 9.91. The van der Waals surface area contributed by atoms with E-state index in [-0.39, 0.29) is 11.9 Å². The lowest BCUT2D eigenvalue weighted by Crippen LogP contribution is -2.52. The first kappa shape index (κ1) is 15.1. The summed E-state index contributed by atoms with van der Waals surface area (Å²) < 4.78 is 5.30. The van der Waals surface area contributed by atoms with E-state index in [2.05, 4.69) is 17.1 Å². The maximum Gasteiger partial charge on any atom is 0.234 e. The molecule has 20 heavy (non-hydrogen) atoms. The van der Waals surface area contributed by atoms with Gasteiger partial charge in [-0.2, -0.15) is 0 Å². The van der Waals surface area contributed by atoms with Crippen LogP contribution in [0, 0.1) is 5.92 Å². The molecule has 1 fully saturated rings. The second-order valence-electron chi connectivity index (χ2n) is 5.70. The van der Waals surface area contributed by atoms with Crippen LogP contribution in [0.1, 0.15) is 38.5 Å². The lowest BCUT2D eigenvalue weighted by molar-refractivity contribution is -0.124. The van der Waals surface area contributed by atoms with Crippen LogP contribution in [0.4, 0.5) is 0 Å². The average molecular weight is 279 g/mol. The third-order valence-electron chi connectivity index (χ3n) is 4.17. The molecule has 5 heteroatoms. The van der Waals surface area contributed by atoms with Crippen molar-refractivity contribution >= 4 is 5.91 Å². The fourth-order valence-electron chi connectivity index (χ4n) is 2.99. The van der Waals surface area contributed by atoms with Crippen LogP contribution in [0.5, 0.6) is 0 Å². The normalized spacial score (nSPS) is 25.4. The molecule has 1 aliphatic rings. The molecule has 5 nitrogen and oxygen atoms in total. The fourth-order valence-corrected chi connectivity index (χ4v) is 2.99. The molecule has 3 unspecified atom stereocenters. The Morgan fingerprint density at radius 1 is 1.65 bits per heavy atom. The predicted molar refractivity (Wildman–Crippen MR) is 78.1 cm³/mol. The van der Waals surface area contributed by atoms with Crippen LogP contribution in [-0.4, -0.2) is 36.5 Å². The highest BCUT2D eigenvalue weighted by Crippen LogP contribution is 2.22. The van der Waals surface area contributed by atoms with Crippen LogP contribution in [-0.2, 0) is 4.79 Å². The van der Waals surface area contributed by atoms with Crippen LogP contribution in [0.15, 0.2) is 22.8 Å². The van der Waals surface area contributed by atoms with Crippen LogP contribution in [0.2, 0.25) is 0 Å². The van der Waals surface area contributed by atoms with Gasteiger partial charge in [-0.25, -0.2) is 0 Å². The molecule has 1 saturated heterocycles. The van der Waals surface area contributed by atoms with Crippen molar-refractivity contribution in [3.8, 4) is 0 Å². The zero-order chi connectivity index (χ0) is 14.5. The molecule has 1 aliphatic heterocycles. The van der Waals surface area contributed by atoms with Crippen molar-refractivity contribution in [2.24, 2.45) is 11.7 Å². The van der Waals surface area contributed by atoms with Crippen LogP contribution >= 0.6 is 0 Å². The van der Waals surface area contributed by atoms with Crippen molar-refractivity contribution in [3.63, 3.8) is 0 Å². The molecule has 2 rings (SSSR count). The van der Waals surface area contributed by atoms with E-state index < -0.39 is 0 Å². The van der Waals surface area contributed by atoms with Crippen molar-refractivity contribution in [3.05, 3.63) is 24.2 Å². The van der Waals surface area contributed by atoms with Crippen molar-refractivity contribution in [1.29, 1.82) is 0 Å². The monoisotopic (exact) mass is 279 g/mol. The summed E-state index contributed by atoms with van der Waals surface area (Å²) in [6, 6.07) is 3.91. The SMILES string of the molecule is CC(NC(=O)CN1CCCC(C)C1CN)c1ccco1. The Kier molecular flexibility index (Phi) is 5.20. The van der Waals surface area contributed by atoms with Gasteiger partial charge in [-0.15, -0.1) is 0 Å². The van der Waals surface area contributed by atoms with Crippen molar-refractivity contribution in [2.45, 2.75) is 38.8 Å². The number of hydrogen-bond acceptors (Lipinski definition) is 4. The number of furan rings is 1. The largest absolute Gasteiger partial charge is 0.467 e. The first-order valence-corrected chi connectivity index (χ1v) is 7.38. The molecular formula is C15H25N3O2. The van der Waals surface area contributed by atoms with E-state index in [1.54, 1.807) is 6.26 Å². The number of carbonyl (C=O) groups is 1. The number of nitrogens with one attached hydrogen (secondary N) is 1. The minimum atomic E-state index is -0.101. The Morgan fingerprint density at radius 2 is 2.45 bits per heavy atom. The maximum atomic E-state index is 12.1. The average Bonchev–Trinajstić information content (AvgIpc) is 2.92. The molecule has 0 aromatic carbocycles. The van der Waals surface area contributed by atoms with Gasteiger partial charge in [-0.3, -0.25) is 9.69 Å². The lowest BCUT2D eigenvalue weighted by Gasteiger charge is -2.39. The number of carbonyl (C=O) groups excluding carboxylic acids is 1. The van der Waals surface area contributed by atoms with E-state index in [1.807, 2.05) is 19.1 Å². The van der Waals surface area contributed by atoms with Gasteiger partial charge in [-0.1, -0.05) is 6.92 Å². The van der Waals surface area contributed by atoms with Crippen molar-refractivity contribution in [2.75, 3.05) is 19.6 Å². The number of nitrogens with two attached hydrogens (primary N) is 1. The van der Waals surface area contributed by atoms with Gasteiger partial charge in [0.05, 0.1) is 18.8 Å². The van der Waals surface area contributed by atoms with E-state index in [9.17, 15) is 4.79 Å². The number of amides is 1. The third kappa shape index (κ3) is 3.61. The quantitative estimate of drug-likeness (QED) is 0.857. The Labute approximate surface area is 120 Å². The highest BCUT2D eigenvalue weighted by molar-refractivity contribution is 5.78. The molecule has 1 amide bonds. The van der Waals surface area contributed by atoms with Crippen molar-refractivity contribution in [1.82, 2.24) is 10.2 Å². The summed E-state index contributed by atoms with van der Waals surface area (Å²) in [5, 5.41) is 2.97. The molecule has 0 saturated carbocycles.